The number of carbonyl (C=O) groups excluding carboxylic acids is 2. The van der Waals surface area contributed by atoms with Crippen LogP contribution in [0, 0.1) is 0 Å². The minimum atomic E-state index is -0.333. The van der Waals surface area contributed by atoms with E-state index in [2.05, 4.69) is 11.9 Å². The summed E-state index contributed by atoms with van der Waals surface area (Å²) in [6, 6.07) is 0. The summed E-state index contributed by atoms with van der Waals surface area (Å²) in [4.78, 5) is 24.4. The van der Waals surface area contributed by atoms with E-state index < -0.39 is 0 Å². The highest BCUT2D eigenvalue weighted by atomic mass is 16.2. The number of hydrogen-bond acceptors (Lipinski definition) is 3. The molecule has 0 aromatic rings. The Labute approximate surface area is 96.7 Å². The first-order chi connectivity index (χ1) is 7.32. The molecule has 0 fully saturated rings. The maximum Gasteiger partial charge on any atom is 0.242 e. The minimum absolute atomic E-state index is 0.0266. The Hall–Kier alpha value is -1.36. The lowest BCUT2D eigenvalue weighted by Crippen LogP contribution is -2.50. The number of carbonyl (C=O) groups is 2. The zero-order chi connectivity index (χ0) is 12.8. The molecule has 0 aliphatic heterocycles. The van der Waals surface area contributed by atoms with Gasteiger partial charge in [0.2, 0.25) is 11.8 Å². The predicted molar refractivity (Wildman–Crippen MR) is 63.7 cm³/mol. The Morgan fingerprint density at radius 2 is 2.00 bits per heavy atom. The van der Waals surface area contributed by atoms with Gasteiger partial charge in [-0.1, -0.05) is 6.08 Å². The molecular weight excluding hydrogens is 206 g/mol. The number of nitrogens with zero attached hydrogens (tertiary/aromatic N) is 1. The van der Waals surface area contributed by atoms with Crippen LogP contribution in [0.15, 0.2) is 12.7 Å². The summed E-state index contributed by atoms with van der Waals surface area (Å²) in [5.41, 5.74) is 4.83. The van der Waals surface area contributed by atoms with Gasteiger partial charge in [-0.3, -0.25) is 9.59 Å². The molecule has 16 heavy (non-hydrogen) atoms. The number of amides is 2. The van der Waals surface area contributed by atoms with E-state index in [1.807, 2.05) is 20.8 Å². The molecule has 3 N–H and O–H groups in total. The fourth-order valence-corrected chi connectivity index (χ4v) is 1.22. The predicted octanol–water partition coefficient (Wildman–Crippen LogP) is -0.126. The van der Waals surface area contributed by atoms with Crippen molar-refractivity contribution in [1.29, 1.82) is 0 Å². The quantitative estimate of drug-likeness (QED) is 0.643. The van der Waals surface area contributed by atoms with Gasteiger partial charge in [0.15, 0.2) is 0 Å². The van der Waals surface area contributed by atoms with Crippen molar-refractivity contribution >= 4 is 11.8 Å². The summed E-state index contributed by atoms with van der Waals surface area (Å²) in [6.45, 7) is 9.72. The van der Waals surface area contributed by atoms with Gasteiger partial charge in [-0.05, 0) is 20.8 Å². The summed E-state index contributed by atoms with van der Waals surface area (Å²) in [6.07, 6.45) is 1.66. The number of rotatable bonds is 5. The molecular formula is C11H21N3O2. The summed E-state index contributed by atoms with van der Waals surface area (Å²) >= 11 is 0. The highest BCUT2D eigenvalue weighted by Crippen LogP contribution is 2.12. The molecule has 5 heteroatoms. The molecule has 0 rings (SSSR count). The standard InChI is InChI=1S/C11H21N3O2/c1-5-6-14(11(2,3)4)10(16)8-13-9(15)7-12/h5H,1,6-8,12H2,2-4H3,(H,13,15). The first-order valence-electron chi connectivity index (χ1n) is 5.21. The largest absolute Gasteiger partial charge is 0.346 e. The monoisotopic (exact) mass is 227 g/mol. The van der Waals surface area contributed by atoms with E-state index in [1.165, 1.54) is 0 Å². The van der Waals surface area contributed by atoms with Crippen molar-refractivity contribution in [3.05, 3.63) is 12.7 Å². The van der Waals surface area contributed by atoms with Crippen LogP contribution in [0.1, 0.15) is 20.8 Å². The average Bonchev–Trinajstić information content (AvgIpc) is 2.20. The maximum absolute atomic E-state index is 11.8. The molecule has 2 amide bonds. The average molecular weight is 227 g/mol. The molecule has 0 saturated carbocycles. The smallest absolute Gasteiger partial charge is 0.242 e. The molecule has 0 radical (unpaired) electrons. The molecule has 0 aromatic carbocycles. The minimum Gasteiger partial charge on any atom is -0.346 e. The molecule has 92 valence electrons. The molecule has 0 spiro atoms. The van der Waals surface area contributed by atoms with E-state index >= 15 is 0 Å². The fourth-order valence-electron chi connectivity index (χ4n) is 1.22. The second-order valence-corrected chi connectivity index (χ2v) is 4.44. The van der Waals surface area contributed by atoms with E-state index in [1.54, 1.807) is 11.0 Å². The van der Waals surface area contributed by atoms with E-state index in [0.29, 0.717) is 6.54 Å². The highest BCUT2D eigenvalue weighted by molar-refractivity contribution is 5.85. The number of nitrogens with two attached hydrogens (primary N) is 1. The third-order valence-corrected chi connectivity index (χ3v) is 2.04. The van der Waals surface area contributed by atoms with Crippen molar-refractivity contribution in [3.8, 4) is 0 Å². The SMILES string of the molecule is C=CCN(C(=O)CNC(=O)CN)C(C)(C)C. The summed E-state index contributed by atoms with van der Waals surface area (Å²) < 4.78 is 0. The van der Waals surface area contributed by atoms with E-state index in [4.69, 9.17) is 5.73 Å². The number of hydrogen-bond donors (Lipinski definition) is 2. The molecule has 0 unspecified atom stereocenters. The third kappa shape index (κ3) is 4.93. The van der Waals surface area contributed by atoms with Gasteiger partial charge in [-0.15, -0.1) is 6.58 Å². The fraction of sp³-hybridized carbons (Fsp3) is 0.636. The van der Waals surface area contributed by atoms with Crippen LogP contribution in [-0.4, -0.2) is 41.9 Å². The Kier molecular flexibility index (Phi) is 5.74. The van der Waals surface area contributed by atoms with Gasteiger partial charge in [-0.25, -0.2) is 0 Å². The van der Waals surface area contributed by atoms with Crippen LogP contribution in [0.25, 0.3) is 0 Å². The summed E-state index contributed by atoms with van der Waals surface area (Å²) in [5.74, 6) is -0.477. The van der Waals surface area contributed by atoms with Crippen molar-refractivity contribution in [2.75, 3.05) is 19.6 Å². The van der Waals surface area contributed by atoms with Crippen LogP contribution >= 0.6 is 0 Å². The van der Waals surface area contributed by atoms with Gasteiger partial charge in [0.1, 0.15) is 0 Å². The van der Waals surface area contributed by atoms with Gasteiger partial charge >= 0.3 is 0 Å². The van der Waals surface area contributed by atoms with E-state index in [9.17, 15) is 9.59 Å². The molecule has 0 aromatic heterocycles. The molecule has 5 nitrogen and oxygen atoms in total. The van der Waals surface area contributed by atoms with Gasteiger partial charge in [0.25, 0.3) is 0 Å². The second-order valence-electron chi connectivity index (χ2n) is 4.44. The molecule has 0 aliphatic rings. The van der Waals surface area contributed by atoms with Gasteiger partial charge in [0, 0.05) is 12.1 Å². The maximum atomic E-state index is 11.8. The van der Waals surface area contributed by atoms with E-state index in [-0.39, 0.29) is 30.4 Å². The molecule has 0 aliphatic carbocycles. The zero-order valence-electron chi connectivity index (χ0n) is 10.2. The topological polar surface area (TPSA) is 75.4 Å². The zero-order valence-corrected chi connectivity index (χ0v) is 10.2. The Bertz CT molecular complexity index is 269. The van der Waals surface area contributed by atoms with Crippen molar-refractivity contribution in [3.63, 3.8) is 0 Å². The lowest BCUT2D eigenvalue weighted by molar-refractivity contribution is -0.136. The van der Waals surface area contributed by atoms with Crippen molar-refractivity contribution < 1.29 is 9.59 Å². The highest BCUT2D eigenvalue weighted by Gasteiger charge is 2.24. The summed E-state index contributed by atoms with van der Waals surface area (Å²) in [7, 11) is 0. The van der Waals surface area contributed by atoms with Crippen molar-refractivity contribution in [2.24, 2.45) is 5.73 Å². The van der Waals surface area contributed by atoms with Crippen LogP contribution < -0.4 is 11.1 Å². The molecule has 0 saturated heterocycles. The van der Waals surface area contributed by atoms with Crippen LogP contribution in [0.4, 0.5) is 0 Å². The van der Waals surface area contributed by atoms with Gasteiger partial charge < -0.3 is 16.0 Å². The van der Waals surface area contributed by atoms with Gasteiger partial charge in [-0.2, -0.15) is 0 Å². The van der Waals surface area contributed by atoms with Gasteiger partial charge in [0.05, 0.1) is 13.1 Å². The van der Waals surface area contributed by atoms with Crippen LogP contribution in [-0.2, 0) is 9.59 Å². The van der Waals surface area contributed by atoms with Crippen molar-refractivity contribution in [2.45, 2.75) is 26.3 Å². The Balaban J connectivity index is 4.40. The Morgan fingerprint density at radius 3 is 2.38 bits per heavy atom. The van der Waals surface area contributed by atoms with Crippen LogP contribution in [0.5, 0.6) is 0 Å². The van der Waals surface area contributed by atoms with E-state index in [0.717, 1.165) is 0 Å². The Morgan fingerprint density at radius 1 is 1.44 bits per heavy atom. The number of nitrogens with one attached hydrogen (secondary N) is 1. The second kappa shape index (κ2) is 6.27. The first-order valence-corrected chi connectivity index (χ1v) is 5.21. The molecule has 0 heterocycles. The third-order valence-electron chi connectivity index (χ3n) is 2.04. The van der Waals surface area contributed by atoms with Crippen LogP contribution in [0.3, 0.4) is 0 Å². The molecule has 0 bridgehead atoms. The van der Waals surface area contributed by atoms with Crippen molar-refractivity contribution in [1.82, 2.24) is 10.2 Å². The lowest BCUT2D eigenvalue weighted by atomic mass is 10.1. The molecule has 0 atom stereocenters. The summed E-state index contributed by atoms with van der Waals surface area (Å²) in [5, 5.41) is 2.45. The van der Waals surface area contributed by atoms with Crippen LogP contribution in [0.2, 0.25) is 0 Å². The normalized spacial score (nSPS) is 10.8. The lowest BCUT2D eigenvalue weighted by Gasteiger charge is -2.35. The first kappa shape index (κ1) is 14.6.